The molecule has 0 bridgehead atoms. The van der Waals surface area contributed by atoms with Gasteiger partial charge in [0.1, 0.15) is 5.82 Å². The number of aryl methyl sites for hydroxylation is 1. The van der Waals surface area contributed by atoms with Crippen LogP contribution in [0.15, 0.2) is 36.5 Å². The summed E-state index contributed by atoms with van der Waals surface area (Å²) in [6.45, 7) is 6.02. The van der Waals surface area contributed by atoms with Gasteiger partial charge in [-0.15, -0.1) is 0 Å². The highest BCUT2D eigenvalue weighted by atomic mass is 16.3. The fourth-order valence-electron chi connectivity index (χ4n) is 3.19. The second-order valence-electron chi connectivity index (χ2n) is 6.55. The first-order valence-corrected chi connectivity index (χ1v) is 8.37. The van der Waals surface area contributed by atoms with Gasteiger partial charge in [-0.1, -0.05) is 29.8 Å². The van der Waals surface area contributed by atoms with Crippen LogP contribution in [0.25, 0.3) is 0 Å². The molecule has 2 heterocycles. The van der Waals surface area contributed by atoms with Crippen molar-refractivity contribution in [1.82, 2.24) is 15.1 Å². The quantitative estimate of drug-likeness (QED) is 0.727. The second-order valence-corrected chi connectivity index (χ2v) is 6.55. The Morgan fingerprint density at radius 3 is 3.17 bits per heavy atom. The van der Waals surface area contributed by atoms with E-state index < -0.39 is 0 Å². The van der Waals surface area contributed by atoms with Crippen LogP contribution in [-0.2, 0) is 13.0 Å². The van der Waals surface area contributed by atoms with Gasteiger partial charge >= 0.3 is 0 Å². The zero-order valence-corrected chi connectivity index (χ0v) is 13.7. The average molecular weight is 314 g/mol. The van der Waals surface area contributed by atoms with Gasteiger partial charge in [-0.3, -0.25) is 0 Å². The molecule has 0 spiro atoms. The number of benzene rings is 1. The van der Waals surface area contributed by atoms with Gasteiger partial charge in [0.25, 0.3) is 0 Å². The van der Waals surface area contributed by atoms with E-state index in [1.54, 1.807) is 0 Å². The van der Waals surface area contributed by atoms with Gasteiger partial charge in [-0.2, -0.15) is 5.10 Å². The highest BCUT2D eigenvalue weighted by Crippen LogP contribution is 2.16. The summed E-state index contributed by atoms with van der Waals surface area (Å²) in [5.41, 5.74) is 2.57. The number of hydrogen-bond acceptors (Lipinski definition) is 4. The van der Waals surface area contributed by atoms with Gasteiger partial charge in [0, 0.05) is 44.8 Å². The summed E-state index contributed by atoms with van der Waals surface area (Å²) < 4.78 is 2.02. The molecule has 2 atom stereocenters. The van der Waals surface area contributed by atoms with E-state index in [1.807, 2.05) is 16.9 Å². The van der Waals surface area contributed by atoms with Crippen molar-refractivity contribution in [2.75, 3.05) is 31.6 Å². The summed E-state index contributed by atoms with van der Waals surface area (Å²) in [7, 11) is 0. The maximum absolute atomic E-state index is 9.63. The zero-order chi connectivity index (χ0) is 16.1. The van der Waals surface area contributed by atoms with Crippen LogP contribution < -0.4 is 10.6 Å². The third-order valence-corrected chi connectivity index (χ3v) is 4.45. The minimum Gasteiger partial charge on any atom is -0.396 e. The van der Waals surface area contributed by atoms with Crippen LogP contribution in [0.3, 0.4) is 0 Å². The SMILES string of the molecule is Cc1cccc(C[C@H](CO)CNC[C@@H]2CNc3ccnn3C2)c1. The number of aliphatic hydroxyl groups is 1. The van der Waals surface area contributed by atoms with E-state index >= 15 is 0 Å². The Bertz CT molecular complexity index is 625. The van der Waals surface area contributed by atoms with Gasteiger partial charge in [0.05, 0.1) is 6.20 Å². The molecule has 5 heteroatoms. The molecule has 0 unspecified atom stereocenters. The van der Waals surface area contributed by atoms with Crippen molar-refractivity contribution in [2.45, 2.75) is 19.9 Å². The van der Waals surface area contributed by atoms with Crippen LogP contribution in [0.5, 0.6) is 0 Å². The fraction of sp³-hybridized carbons (Fsp3) is 0.500. The predicted octanol–water partition coefficient (Wildman–Crippen LogP) is 1.67. The molecule has 0 aliphatic carbocycles. The molecule has 0 radical (unpaired) electrons. The van der Waals surface area contributed by atoms with E-state index in [4.69, 9.17) is 0 Å². The minimum atomic E-state index is 0.215. The number of fused-ring (bicyclic) bond motifs is 1. The Hall–Kier alpha value is -1.85. The number of aliphatic hydroxyl groups excluding tert-OH is 1. The standard InChI is InChI=1S/C18H26N4O/c1-14-3-2-4-15(7-14)8-16(13-23)9-19-10-17-11-20-18-5-6-21-22(18)12-17/h2-7,16-17,19-20,23H,8-13H2,1H3/t16-,17+/m0/s1. The molecule has 23 heavy (non-hydrogen) atoms. The molecule has 5 nitrogen and oxygen atoms in total. The Kier molecular flexibility index (Phi) is 5.31. The molecule has 0 saturated carbocycles. The summed E-state index contributed by atoms with van der Waals surface area (Å²) in [6.07, 6.45) is 2.75. The third kappa shape index (κ3) is 4.33. The fourth-order valence-corrected chi connectivity index (χ4v) is 3.19. The Morgan fingerprint density at radius 2 is 2.35 bits per heavy atom. The molecule has 1 aromatic carbocycles. The van der Waals surface area contributed by atoms with Crippen molar-refractivity contribution in [3.8, 4) is 0 Å². The van der Waals surface area contributed by atoms with E-state index in [2.05, 4.69) is 46.9 Å². The van der Waals surface area contributed by atoms with Crippen molar-refractivity contribution < 1.29 is 5.11 Å². The normalized spacial score (nSPS) is 18.3. The van der Waals surface area contributed by atoms with Crippen LogP contribution in [0.2, 0.25) is 0 Å². The number of nitrogens with zero attached hydrogens (tertiary/aromatic N) is 2. The highest BCUT2D eigenvalue weighted by molar-refractivity contribution is 5.35. The molecule has 124 valence electrons. The second kappa shape index (κ2) is 7.62. The van der Waals surface area contributed by atoms with Gasteiger partial charge < -0.3 is 15.7 Å². The van der Waals surface area contributed by atoms with E-state index in [0.29, 0.717) is 5.92 Å². The van der Waals surface area contributed by atoms with Crippen LogP contribution >= 0.6 is 0 Å². The lowest BCUT2D eigenvalue weighted by atomic mass is 9.98. The van der Waals surface area contributed by atoms with E-state index in [-0.39, 0.29) is 12.5 Å². The largest absolute Gasteiger partial charge is 0.396 e. The Morgan fingerprint density at radius 1 is 1.43 bits per heavy atom. The Balaban J connectivity index is 1.44. The van der Waals surface area contributed by atoms with E-state index in [1.165, 1.54) is 11.1 Å². The minimum absolute atomic E-state index is 0.215. The highest BCUT2D eigenvalue weighted by Gasteiger charge is 2.18. The van der Waals surface area contributed by atoms with Crippen molar-refractivity contribution in [1.29, 1.82) is 0 Å². The maximum atomic E-state index is 9.63. The molecule has 2 aromatic rings. The molecule has 1 aliphatic rings. The molecule has 1 aliphatic heterocycles. The number of aromatic nitrogens is 2. The molecule has 0 amide bonds. The number of rotatable bonds is 7. The average Bonchev–Trinajstić information content (AvgIpc) is 3.01. The lowest BCUT2D eigenvalue weighted by Crippen LogP contribution is -2.37. The van der Waals surface area contributed by atoms with Crippen molar-refractivity contribution >= 4 is 5.82 Å². The summed E-state index contributed by atoms with van der Waals surface area (Å²) in [6, 6.07) is 10.5. The summed E-state index contributed by atoms with van der Waals surface area (Å²) >= 11 is 0. The smallest absolute Gasteiger partial charge is 0.124 e. The molecule has 0 fully saturated rings. The van der Waals surface area contributed by atoms with E-state index in [9.17, 15) is 5.11 Å². The monoisotopic (exact) mass is 314 g/mol. The van der Waals surface area contributed by atoms with Gasteiger partial charge in [-0.05, 0) is 24.8 Å². The van der Waals surface area contributed by atoms with Gasteiger partial charge in [0.2, 0.25) is 0 Å². The van der Waals surface area contributed by atoms with Crippen molar-refractivity contribution in [3.63, 3.8) is 0 Å². The van der Waals surface area contributed by atoms with Crippen LogP contribution in [0.1, 0.15) is 11.1 Å². The van der Waals surface area contributed by atoms with Crippen molar-refractivity contribution in [3.05, 3.63) is 47.7 Å². The molecule has 1 aromatic heterocycles. The molecule has 0 saturated heterocycles. The Labute approximate surface area is 137 Å². The van der Waals surface area contributed by atoms with Crippen LogP contribution in [0, 0.1) is 18.8 Å². The van der Waals surface area contributed by atoms with Crippen LogP contribution in [-0.4, -0.2) is 41.1 Å². The maximum Gasteiger partial charge on any atom is 0.124 e. The molecule has 3 N–H and O–H groups in total. The van der Waals surface area contributed by atoms with Crippen molar-refractivity contribution in [2.24, 2.45) is 11.8 Å². The summed E-state index contributed by atoms with van der Waals surface area (Å²) in [5, 5.41) is 20.9. The van der Waals surface area contributed by atoms with E-state index in [0.717, 1.165) is 38.4 Å². The van der Waals surface area contributed by atoms with Crippen LogP contribution in [0.4, 0.5) is 5.82 Å². The summed E-state index contributed by atoms with van der Waals surface area (Å²) in [4.78, 5) is 0. The predicted molar refractivity (Wildman–Crippen MR) is 92.5 cm³/mol. The number of anilines is 1. The van der Waals surface area contributed by atoms with Gasteiger partial charge in [-0.25, -0.2) is 4.68 Å². The van der Waals surface area contributed by atoms with Gasteiger partial charge in [0.15, 0.2) is 0 Å². The third-order valence-electron chi connectivity index (χ3n) is 4.45. The first-order valence-electron chi connectivity index (χ1n) is 8.37. The molecule has 3 rings (SSSR count). The first kappa shape index (κ1) is 16.0. The first-order chi connectivity index (χ1) is 11.2. The number of hydrogen-bond donors (Lipinski definition) is 3. The topological polar surface area (TPSA) is 62.1 Å². The lowest BCUT2D eigenvalue weighted by molar-refractivity contribution is 0.219. The zero-order valence-electron chi connectivity index (χ0n) is 13.7. The number of nitrogens with one attached hydrogen (secondary N) is 2. The summed E-state index contributed by atoms with van der Waals surface area (Å²) in [5.74, 6) is 1.89. The molecular formula is C18H26N4O. The lowest BCUT2D eigenvalue weighted by Gasteiger charge is -2.26. The molecular weight excluding hydrogens is 288 g/mol.